The average Bonchev–Trinajstić information content (AvgIpc) is 2.93. The molecule has 0 aliphatic carbocycles. The molecular weight excluding hydrogens is 246 g/mol. The Kier molecular flexibility index (Phi) is 4.48. The van der Waals surface area contributed by atoms with Crippen molar-refractivity contribution in [3.05, 3.63) is 41.5 Å². The molecule has 6 nitrogen and oxygen atoms in total. The SMILES string of the molecule is COc1ccc(CCc2nc(C(N)CO)no2)cc1. The van der Waals surface area contributed by atoms with Gasteiger partial charge in [0.05, 0.1) is 19.8 Å². The minimum atomic E-state index is -0.585. The van der Waals surface area contributed by atoms with Crippen molar-refractivity contribution < 1.29 is 14.4 Å². The van der Waals surface area contributed by atoms with Crippen LogP contribution in [0, 0.1) is 0 Å². The summed E-state index contributed by atoms with van der Waals surface area (Å²) in [5.74, 6) is 1.69. The van der Waals surface area contributed by atoms with Gasteiger partial charge < -0.3 is 20.1 Å². The fourth-order valence-electron chi connectivity index (χ4n) is 1.65. The van der Waals surface area contributed by atoms with E-state index in [1.807, 2.05) is 24.3 Å². The third-order valence-electron chi connectivity index (χ3n) is 2.80. The van der Waals surface area contributed by atoms with Gasteiger partial charge >= 0.3 is 0 Å². The predicted octanol–water partition coefficient (Wildman–Crippen LogP) is 0.855. The number of nitrogens with zero attached hydrogens (tertiary/aromatic N) is 2. The van der Waals surface area contributed by atoms with Gasteiger partial charge in [0.15, 0.2) is 5.82 Å². The first-order valence-electron chi connectivity index (χ1n) is 6.04. The van der Waals surface area contributed by atoms with Crippen molar-refractivity contribution in [1.29, 1.82) is 0 Å². The fourth-order valence-corrected chi connectivity index (χ4v) is 1.65. The van der Waals surface area contributed by atoms with Crippen LogP contribution in [0.25, 0.3) is 0 Å². The van der Waals surface area contributed by atoms with Gasteiger partial charge in [-0.05, 0) is 24.1 Å². The van der Waals surface area contributed by atoms with Crippen molar-refractivity contribution in [2.45, 2.75) is 18.9 Å². The van der Waals surface area contributed by atoms with Crippen LogP contribution in [-0.4, -0.2) is 29.0 Å². The normalized spacial score (nSPS) is 12.4. The van der Waals surface area contributed by atoms with Crippen molar-refractivity contribution >= 4 is 0 Å². The maximum Gasteiger partial charge on any atom is 0.227 e. The molecule has 0 fully saturated rings. The highest BCUT2D eigenvalue weighted by atomic mass is 16.5. The summed E-state index contributed by atoms with van der Waals surface area (Å²) in [7, 11) is 1.64. The molecule has 0 saturated carbocycles. The monoisotopic (exact) mass is 263 g/mol. The molecule has 0 saturated heterocycles. The Bertz CT molecular complexity index is 510. The van der Waals surface area contributed by atoms with Crippen LogP contribution in [0.2, 0.25) is 0 Å². The third-order valence-corrected chi connectivity index (χ3v) is 2.80. The molecule has 0 radical (unpaired) electrons. The van der Waals surface area contributed by atoms with E-state index < -0.39 is 6.04 Å². The molecule has 0 amide bonds. The first-order valence-corrected chi connectivity index (χ1v) is 6.04. The van der Waals surface area contributed by atoms with Gasteiger partial charge in [-0.2, -0.15) is 4.98 Å². The Hall–Kier alpha value is -1.92. The number of aliphatic hydroxyl groups excluding tert-OH is 1. The Morgan fingerprint density at radius 1 is 1.32 bits per heavy atom. The lowest BCUT2D eigenvalue weighted by Gasteiger charge is -2.01. The van der Waals surface area contributed by atoms with Gasteiger partial charge in [0.2, 0.25) is 5.89 Å². The third kappa shape index (κ3) is 3.52. The molecule has 0 aliphatic rings. The summed E-state index contributed by atoms with van der Waals surface area (Å²) in [6, 6.07) is 7.23. The highest BCUT2D eigenvalue weighted by Crippen LogP contribution is 2.13. The van der Waals surface area contributed by atoms with Crippen LogP contribution in [0.4, 0.5) is 0 Å². The lowest BCUT2D eigenvalue weighted by molar-refractivity contribution is 0.259. The number of aryl methyl sites for hydroxylation is 2. The molecule has 1 unspecified atom stereocenters. The first kappa shape index (κ1) is 13.5. The molecule has 6 heteroatoms. The highest BCUT2D eigenvalue weighted by molar-refractivity contribution is 5.27. The van der Waals surface area contributed by atoms with Crippen molar-refractivity contribution in [1.82, 2.24) is 10.1 Å². The van der Waals surface area contributed by atoms with Gasteiger partial charge in [0.1, 0.15) is 5.75 Å². The smallest absolute Gasteiger partial charge is 0.227 e. The molecule has 1 aromatic heterocycles. The minimum absolute atomic E-state index is 0.197. The Morgan fingerprint density at radius 2 is 2.05 bits per heavy atom. The second-order valence-electron chi connectivity index (χ2n) is 4.18. The Balaban J connectivity index is 1.92. The van der Waals surface area contributed by atoms with Gasteiger partial charge in [0.25, 0.3) is 0 Å². The van der Waals surface area contributed by atoms with Crippen LogP contribution in [0.1, 0.15) is 23.3 Å². The Morgan fingerprint density at radius 3 is 2.68 bits per heavy atom. The number of aromatic nitrogens is 2. The first-order chi connectivity index (χ1) is 9.22. The lowest BCUT2D eigenvalue weighted by atomic mass is 10.1. The van der Waals surface area contributed by atoms with E-state index in [2.05, 4.69) is 10.1 Å². The van der Waals surface area contributed by atoms with Gasteiger partial charge in [0, 0.05) is 6.42 Å². The standard InChI is InChI=1S/C13H17N3O3/c1-18-10-5-2-9(3-6-10)4-7-12-15-13(16-19-12)11(14)8-17/h2-3,5-6,11,17H,4,7-8,14H2,1H3. The number of rotatable bonds is 6. The van der Waals surface area contributed by atoms with Crippen LogP contribution >= 0.6 is 0 Å². The summed E-state index contributed by atoms with van der Waals surface area (Å²) in [6.45, 7) is -0.197. The van der Waals surface area contributed by atoms with Crippen molar-refractivity contribution in [3.63, 3.8) is 0 Å². The van der Waals surface area contributed by atoms with Crippen LogP contribution in [-0.2, 0) is 12.8 Å². The summed E-state index contributed by atoms with van der Waals surface area (Å²) < 4.78 is 10.2. The van der Waals surface area contributed by atoms with Crippen LogP contribution in [0.5, 0.6) is 5.75 Å². The fraction of sp³-hybridized carbons (Fsp3) is 0.385. The zero-order valence-corrected chi connectivity index (χ0v) is 10.7. The van der Waals surface area contributed by atoms with Gasteiger partial charge in [-0.1, -0.05) is 17.3 Å². The molecule has 0 aliphatic heterocycles. The molecule has 0 spiro atoms. The summed E-state index contributed by atoms with van der Waals surface area (Å²) in [5.41, 5.74) is 6.76. The lowest BCUT2D eigenvalue weighted by Crippen LogP contribution is -2.16. The number of ether oxygens (including phenoxy) is 1. The Labute approximate surface area is 111 Å². The van der Waals surface area contributed by atoms with Gasteiger partial charge in [-0.3, -0.25) is 0 Å². The molecular formula is C13H17N3O3. The number of hydrogen-bond acceptors (Lipinski definition) is 6. The number of methoxy groups -OCH3 is 1. The van der Waals surface area contributed by atoms with E-state index in [0.717, 1.165) is 17.7 Å². The second kappa shape index (κ2) is 6.31. The van der Waals surface area contributed by atoms with Crippen LogP contribution in [0.15, 0.2) is 28.8 Å². The largest absolute Gasteiger partial charge is 0.497 e. The molecule has 2 aromatic rings. The topological polar surface area (TPSA) is 94.4 Å². The number of benzene rings is 1. The number of aliphatic hydroxyl groups is 1. The molecule has 19 heavy (non-hydrogen) atoms. The minimum Gasteiger partial charge on any atom is -0.497 e. The zero-order chi connectivity index (χ0) is 13.7. The summed E-state index contributed by atoms with van der Waals surface area (Å²) in [5, 5.41) is 12.6. The van der Waals surface area contributed by atoms with Crippen LogP contribution in [0.3, 0.4) is 0 Å². The molecule has 1 aromatic carbocycles. The van der Waals surface area contributed by atoms with E-state index in [9.17, 15) is 0 Å². The maximum atomic E-state index is 8.90. The van der Waals surface area contributed by atoms with Crippen molar-refractivity contribution in [2.24, 2.45) is 5.73 Å². The zero-order valence-electron chi connectivity index (χ0n) is 10.7. The van der Waals surface area contributed by atoms with E-state index >= 15 is 0 Å². The van der Waals surface area contributed by atoms with E-state index in [-0.39, 0.29) is 6.61 Å². The van der Waals surface area contributed by atoms with Crippen LogP contribution < -0.4 is 10.5 Å². The second-order valence-corrected chi connectivity index (χ2v) is 4.18. The summed E-state index contributed by atoms with van der Waals surface area (Å²) >= 11 is 0. The van der Waals surface area contributed by atoms with Crippen molar-refractivity contribution in [2.75, 3.05) is 13.7 Å². The molecule has 102 valence electrons. The van der Waals surface area contributed by atoms with Gasteiger partial charge in [-0.25, -0.2) is 0 Å². The maximum absolute atomic E-state index is 8.90. The summed E-state index contributed by atoms with van der Waals surface area (Å²) in [6.07, 6.45) is 1.43. The highest BCUT2D eigenvalue weighted by Gasteiger charge is 2.12. The van der Waals surface area contributed by atoms with E-state index in [1.54, 1.807) is 7.11 Å². The van der Waals surface area contributed by atoms with E-state index in [1.165, 1.54) is 0 Å². The molecule has 2 rings (SSSR count). The average molecular weight is 263 g/mol. The summed E-state index contributed by atoms with van der Waals surface area (Å²) in [4.78, 5) is 4.14. The molecule has 1 heterocycles. The predicted molar refractivity (Wildman–Crippen MR) is 68.7 cm³/mol. The number of hydrogen-bond donors (Lipinski definition) is 2. The molecule has 0 bridgehead atoms. The van der Waals surface area contributed by atoms with E-state index in [4.69, 9.17) is 20.1 Å². The van der Waals surface area contributed by atoms with E-state index in [0.29, 0.717) is 18.1 Å². The molecule has 1 atom stereocenters. The van der Waals surface area contributed by atoms with Gasteiger partial charge in [-0.15, -0.1) is 0 Å². The number of nitrogens with two attached hydrogens (primary N) is 1. The quantitative estimate of drug-likeness (QED) is 0.802. The molecule has 3 N–H and O–H groups in total. The van der Waals surface area contributed by atoms with Crippen molar-refractivity contribution in [3.8, 4) is 5.75 Å².